The minimum absolute atomic E-state index is 0.261. The number of nitrogens with zero attached hydrogens (tertiary/aromatic N) is 2. The minimum atomic E-state index is -0.719. The first-order valence-corrected chi connectivity index (χ1v) is 9.43. The third-order valence-corrected chi connectivity index (χ3v) is 5.17. The van der Waals surface area contributed by atoms with E-state index in [2.05, 4.69) is 15.3 Å². The number of urea groups is 1. The first-order valence-electron chi connectivity index (χ1n) is 9.43. The zero-order valence-electron chi connectivity index (χ0n) is 16.0. The lowest BCUT2D eigenvalue weighted by molar-refractivity contribution is -0.146. The number of amides is 2. The van der Waals surface area contributed by atoms with E-state index >= 15 is 0 Å². The summed E-state index contributed by atoms with van der Waals surface area (Å²) >= 11 is 0. The van der Waals surface area contributed by atoms with E-state index in [1.807, 2.05) is 60.7 Å². The summed E-state index contributed by atoms with van der Waals surface area (Å²) in [6.45, 7) is 0.261. The molecule has 2 aromatic carbocycles. The van der Waals surface area contributed by atoms with Gasteiger partial charge in [0.1, 0.15) is 6.04 Å². The molecule has 0 spiro atoms. The van der Waals surface area contributed by atoms with Crippen molar-refractivity contribution in [2.24, 2.45) is 0 Å². The second kappa shape index (κ2) is 8.18. The summed E-state index contributed by atoms with van der Waals surface area (Å²) in [4.78, 5) is 34.5. The number of benzene rings is 2. The van der Waals surface area contributed by atoms with Crippen LogP contribution in [0.2, 0.25) is 0 Å². The topological polar surface area (TPSA) is 87.3 Å². The number of nitrogens with one attached hydrogen (secondary N) is 2. The quantitative estimate of drug-likeness (QED) is 0.671. The summed E-state index contributed by atoms with van der Waals surface area (Å²) in [5, 5.41) is 3.10. The number of carbonyl (C=O) groups excluding carboxylic acids is 2. The molecule has 2 amide bonds. The molecule has 7 nitrogen and oxygen atoms in total. The van der Waals surface area contributed by atoms with Crippen molar-refractivity contribution < 1.29 is 14.3 Å². The number of rotatable bonds is 4. The van der Waals surface area contributed by atoms with Crippen molar-refractivity contribution in [1.82, 2.24) is 20.2 Å². The first-order chi connectivity index (χ1) is 14.2. The Labute approximate surface area is 168 Å². The molecule has 4 rings (SSSR count). The number of methoxy groups -OCH3 is 1. The Morgan fingerprint density at radius 2 is 1.72 bits per heavy atom. The molecule has 0 saturated heterocycles. The number of aromatic nitrogens is 2. The fourth-order valence-electron chi connectivity index (χ4n) is 3.65. The van der Waals surface area contributed by atoms with Crippen LogP contribution < -0.4 is 5.32 Å². The SMILES string of the molecule is COC(=O)C1Cc2nc[nH]c2CN1C(=O)NC(c1ccccc1)c1ccccc1. The van der Waals surface area contributed by atoms with Gasteiger partial charge in [-0.1, -0.05) is 60.7 Å². The third-order valence-electron chi connectivity index (χ3n) is 5.17. The molecule has 7 heteroatoms. The zero-order valence-corrected chi connectivity index (χ0v) is 16.0. The van der Waals surface area contributed by atoms with E-state index < -0.39 is 12.0 Å². The number of H-pyrrole nitrogens is 1. The van der Waals surface area contributed by atoms with Crippen LogP contribution in [0.4, 0.5) is 4.79 Å². The maximum atomic E-state index is 13.3. The van der Waals surface area contributed by atoms with Gasteiger partial charge >= 0.3 is 12.0 Å². The summed E-state index contributed by atoms with van der Waals surface area (Å²) in [6.07, 6.45) is 1.90. The van der Waals surface area contributed by atoms with Crippen LogP contribution in [0.3, 0.4) is 0 Å². The van der Waals surface area contributed by atoms with Crippen molar-refractivity contribution in [2.75, 3.05) is 7.11 Å². The fourth-order valence-corrected chi connectivity index (χ4v) is 3.65. The Morgan fingerprint density at radius 3 is 2.31 bits per heavy atom. The van der Waals surface area contributed by atoms with Gasteiger partial charge in [-0.05, 0) is 11.1 Å². The molecule has 2 N–H and O–H groups in total. The molecule has 29 heavy (non-hydrogen) atoms. The van der Waals surface area contributed by atoms with E-state index in [1.165, 1.54) is 12.0 Å². The Bertz CT molecular complexity index is 948. The number of imidazole rings is 1. The highest BCUT2D eigenvalue weighted by atomic mass is 16.5. The minimum Gasteiger partial charge on any atom is -0.467 e. The van der Waals surface area contributed by atoms with Crippen LogP contribution in [-0.2, 0) is 22.5 Å². The third kappa shape index (κ3) is 3.85. The van der Waals surface area contributed by atoms with Crippen LogP contribution in [0.25, 0.3) is 0 Å². The van der Waals surface area contributed by atoms with Gasteiger partial charge in [0.05, 0.1) is 37.4 Å². The second-order valence-electron chi connectivity index (χ2n) is 6.90. The average Bonchev–Trinajstić information content (AvgIpc) is 3.24. The van der Waals surface area contributed by atoms with Crippen molar-refractivity contribution in [3.05, 3.63) is 89.5 Å². The molecule has 1 atom stereocenters. The molecule has 0 aliphatic carbocycles. The van der Waals surface area contributed by atoms with Crippen LogP contribution in [0, 0.1) is 0 Å². The van der Waals surface area contributed by atoms with Gasteiger partial charge < -0.3 is 19.9 Å². The van der Waals surface area contributed by atoms with Gasteiger partial charge in [-0.3, -0.25) is 0 Å². The Kier molecular flexibility index (Phi) is 5.29. The van der Waals surface area contributed by atoms with Gasteiger partial charge in [-0.2, -0.15) is 0 Å². The first kappa shape index (κ1) is 18.7. The predicted octanol–water partition coefficient (Wildman–Crippen LogP) is 2.81. The number of hydrogen-bond donors (Lipinski definition) is 2. The molecule has 0 fully saturated rings. The van der Waals surface area contributed by atoms with E-state index in [4.69, 9.17) is 4.74 Å². The molecule has 3 aromatic rings. The van der Waals surface area contributed by atoms with Crippen molar-refractivity contribution in [3.8, 4) is 0 Å². The summed E-state index contributed by atoms with van der Waals surface area (Å²) < 4.78 is 4.94. The molecule has 0 radical (unpaired) electrons. The number of fused-ring (bicyclic) bond motifs is 1. The van der Waals surface area contributed by atoms with Crippen molar-refractivity contribution in [1.29, 1.82) is 0 Å². The summed E-state index contributed by atoms with van der Waals surface area (Å²) in [6, 6.07) is 18.1. The van der Waals surface area contributed by atoms with E-state index in [1.54, 1.807) is 6.33 Å². The molecule has 1 aliphatic rings. The largest absolute Gasteiger partial charge is 0.467 e. The Hall–Kier alpha value is -3.61. The lowest BCUT2D eigenvalue weighted by atomic mass is 9.98. The molecule has 0 saturated carbocycles. The van der Waals surface area contributed by atoms with Gasteiger partial charge in [-0.15, -0.1) is 0 Å². The maximum Gasteiger partial charge on any atom is 0.329 e. The number of esters is 1. The Morgan fingerprint density at radius 1 is 1.10 bits per heavy atom. The van der Waals surface area contributed by atoms with Gasteiger partial charge in [0.15, 0.2) is 0 Å². The molecular formula is C22H22N4O3. The van der Waals surface area contributed by atoms with Crippen LogP contribution in [0.5, 0.6) is 0 Å². The highest BCUT2D eigenvalue weighted by Gasteiger charge is 2.37. The van der Waals surface area contributed by atoms with E-state index in [-0.39, 0.29) is 18.6 Å². The predicted molar refractivity (Wildman–Crippen MR) is 107 cm³/mol. The van der Waals surface area contributed by atoms with Crippen LogP contribution in [-0.4, -0.2) is 40.0 Å². The number of ether oxygens (including phenoxy) is 1. The highest BCUT2D eigenvalue weighted by Crippen LogP contribution is 2.25. The van der Waals surface area contributed by atoms with Gasteiger partial charge in [0.2, 0.25) is 0 Å². The molecule has 0 bridgehead atoms. The fraction of sp³-hybridized carbons (Fsp3) is 0.227. The Balaban J connectivity index is 1.63. The van der Waals surface area contributed by atoms with Gasteiger partial charge in [0, 0.05) is 6.42 Å². The maximum absolute atomic E-state index is 13.3. The lowest BCUT2D eigenvalue weighted by Crippen LogP contribution is -2.53. The molecule has 1 aromatic heterocycles. The van der Waals surface area contributed by atoms with Gasteiger partial charge in [0.25, 0.3) is 0 Å². The molecule has 2 heterocycles. The van der Waals surface area contributed by atoms with E-state index in [0.29, 0.717) is 6.42 Å². The average molecular weight is 390 g/mol. The van der Waals surface area contributed by atoms with E-state index in [0.717, 1.165) is 22.5 Å². The number of hydrogen-bond acceptors (Lipinski definition) is 4. The van der Waals surface area contributed by atoms with Gasteiger partial charge in [-0.25, -0.2) is 14.6 Å². The van der Waals surface area contributed by atoms with Crippen molar-refractivity contribution in [2.45, 2.75) is 25.0 Å². The van der Waals surface area contributed by atoms with Crippen LogP contribution >= 0.6 is 0 Å². The number of aromatic amines is 1. The van der Waals surface area contributed by atoms with Crippen molar-refractivity contribution >= 4 is 12.0 Å². The van der Waals surface area contributed by atoms with E-state index in [9.17, 15) is 9.59 Å². The lowest BCUT2D eigenvalue weighted by Gasteiger charge is -2.34. The van der Waals surface area contributed by atoms with Crippen LogP contribution in [0.15, 0.2) is 67.0 Å². The monoisotopic (exact) mass is 390 g/mol. The smallest absolute Gasteiger partial charge is 0.329 e. The molecule has 1 aliphatic heterocycles. The standard InChI is InChI=1S/C22H22N4O3/c1-29-21(27)19-12-17-18(24-14-23-17)13-26(19)22(28)25-20(15-8-4-2-5-9-15)16-10-6-3-7-11-16/h2-11,14,19-20H,12-13H2,1H3,(H,23,24)(H,25,28). The van der Waals surface area contributed by atoms with Crippen LogP contribution in [0.1, 0.15) is 28.6 Å². The second-order valence-corrected chi connectivity index (χ2v) is 6.90. The molecular weight excluding hydrogens is 368 g/mol. The summed E-state index contributed by atoms with van der Waals surface area (Å²) in [5.41, 5.74) is 3.53. The normalized spacial score (nSPS) is 15.7. The van der Waals surface area contributed by atoms with Crippen molar-refractivity contribution in [3.63, 3.8) is 0 Å². The molecule has 148 valence electrons. The number of carbonyl (C=O) groups is 2. The molecule has 1 unspecified atom stereocenters. The summed E-state index contributed by atoms with van der Waals surface area (Å²) in [5.74, 6) is -0.454. The summed E-state index contributed by atoms with van der Waals surface area (Å²) in [7, 11) is 1.33. The highest BCUT2D eigenvalue weighted by molar-refractivity contribution is 5.84. The zero-order chi connectivity index (χ0) is 20.2.